The minimum Gasteiger partial charge on any atom is -0.490 e. The lowest BCUT2D eigenvalue weighted by atomic mass is 10.0. The molecule has 0 atom stereocenters. The van der Waals surface area contributed by atoms with E-state index in [9.17, 15) is 9.59 Å². The van der Waals surface area contributed by atoms with Crippen LogP contribution in [0.1, 0.15) is 81.1 Å². The average molecular weight is 599 g/mol. The third-order valence-corrected chi connectivity index (χ3v) is 8.83. The molecule has 8 heteroatoms. The van der Waals surface area contributed by atoms with Gasteiger partial charge in [-0.2, -0.15) is 0 Å². The number of benzene rings is 3. The number of amides is 3. The van der Waals surface area contributed by atoms with Crippen molar-refractivity contribution in [2.24, 2.45) is 0 Å². The van der Waals surface area contributed by atoms with Crippen molar-refractivity contribution in [1.82, 2.24) is 10.2 Å². The minimum atomic E-state index is -0.213. The van der Waals surface area contributed by atoms with Crippen molar-refractivity contribution in [3.8, 4) is 17.2 Å². The number of hydrogen-bond donors (Lipinski definition) is 3. The number of nitrogens with one attached hydrogen (secondary N) is 3. The Morgan fingerprint density at radius 3 is 2.09 bits per heavy atom. The maximum atomic E-state index is 12.9. The molecule has 1 aliphatic carbocycles. The fourth-order valence-corrected chi connectivity index (χ4v) is 6.13. The topological polar surface area (TPSA) is 91.9 Å². The number of nitrogens with zero attached hydrogens (tertiary/aromatic N) is 1. The fraction of sp³-hybridized carbons (Fsp3) is 0.444. The van der Waals surface area contributed by atoms with Crippen molar-refractivity contribution in [1.29, 1.82) is 0 Å². The molecule has 1 saturated carbocycles. The normalized spacial score (nSPS) is 16.1. The molecule has 0 aromatic heterocycles. The summed E-state index contributed by atoms with van der Waals surface area (Å²) in [6, 6.07) is 20.9. The standard InChI is InChI=1S/C36H46N4O4/c1-4-27(5-2)38-36(42)39-28-12-17-32(18-13-28)44-34-19-14-29(24-25(34)3)37-35(41)26-10-15-31(16-11-26)43-33-20-22-40(23-21-33)30-8-6-7-9-30/h10-19,24,27,30,33H,4-9,20-23H2,1-3H3,(H,37,41)(H2,38,39,42). The zero-order chi connectivity index (χ0) is 30.9. The highest BCUT2D eigenvalue weighted by Gasteiger charge is 2.27. The molecule has 44 heavy (non-hydrogen) atoms. The largest absolute Gasteiger partial charge is 0.490 e. The molecule has 234 valence electrons. The SMILES string of the molecule is CCC(CC)NC(=O)Nc1ccc(Oc2ccc(NC(=O)c3ccc(OC4CCN(C5CCCC5)CC4)cc3)cc2C)cc1. The van der Waals surface area contributed by atoms with Gasteiger partial charge in [0, 0.05) is 42.1 Å². The second kappa shape index (κ2) is 15.1. The Kier molecular flexibility index (Phi) is 10.8. The van der Waals surface area contributed by atoms with Gasteiger partial charge in [-0.3, -0.25) is 4.79 Å². The van der Waals surface area contributed by atoms with Crippen molar-refractivity contribution < 1.29 is 19.1 Å². The van der Waals surface area contributed by atoms with Crippen molar-refractivity contribution in [2.45, 2.75) is 90.3 Å². The van der Waals surface area contributed by atoms with E-state index < -0.39 is 0 Å². The first-order chi connectivity index (χ1) is 21.4. The van der Waals surface area contributed by atoms with Crippen LogP contribution in [0, 0.1) is 6.92 Å². The van der Waals surface area contributed by atoms with E-state index in [0.29, 0.717) is 28.4 Å². The first kappa shape index (κ1) is 31.4. The summed E-state index contributed by atoms with van der Waals surface area (Å²) in [4.78, 5) is 27.8. The second-order valence-electron chi connectivity index (χ2n) is 12.0. The molecule has 3 N–H and O–H groups in total. The van der Waals surface area contributed by atoms with Crippen molar-refractivity contribution in [3.05, 3.63) is 77.9 Å². The first-order valence-corrected chi connectivity index (χ1v) is 16.2. The summed E-state index contributed by atoms with van der Waals surface area (Å²) in [7, 11) is 0. The molecule has 1 saturated heterocycles. The van der Waals surface area contributed by atoms with E-state index in [1.165, 1.54) is 25.7 Å². The van der Waals surface area contributed by atoms with E-state index in [2.05, 4.69) is 34.7 Å². The van der Waals surface area contributed by atoms with Crippen LogP contribution in [0.15, 0.2) is 66.7 Å². The molecule has 8 nitrogen and oxygen atoms in total. The molecule has 1 aliphatic heterocycles. The van der Waals surface area contributed by atoms with Crippen molar-refractivity contribution in [2.75, 3.05) is 23.7 Å². The number of likely N-dealkylation sites (tertiary alicyclic amines) is 1. The third-order valence-electron chi connectivity index (χ3n) is 8.83. The van der Waals surface area contributed by atoms with Gasteiger partial charge in [0.25, 0.3) is 5.91 Å². The van der Waals surface area contributed by atoms with Gasteiger partial charge in [0.2, 0.25) is 0 Å². The number of hydrogen-bond acceptors (Lipinski definition) is 5. The Morgan fingerprint density at radius 1 is 0.818 bits per heavy atom. The lowest BCUT2D eigenvalue weighted by molar-refractivity contribution is 0.0768. The molecule has 0 spiro atoms. The van der Waals surface area contributed by atoms with Gasteiger partial charge in [-0.25, -0.2) is 4.79 Å². The van der Waals surface area contributed by atoms with E-state index in [1.807, 2.05) is 73.7 Å². The second-order valence-corrected chi connectivity index (χ2v) is 12.0. The smallest absolute Gasteiger partial charge is 0.319 e. The summed E-state index contributed by atoms with van der Waals surface area (Å²) < 4.78 is 12.3. The quantitative estimate of drug-likeness (QED) is 0.207. The molecule has 0 radical (unpaired) electrons. The molecular weight excluding hydrogens is 552 g/mol. The fourth-order valence-electron chi connectivity index (χ4n) is 6.13. The van der Waals surface area contributed by atoms with E-state index in [0.717, 1.165) is 56.1 Å². The highest BCUT2D eigenvalue weighted by molar-refractivity contribution is 6.04. The third kappa shape index (κ3) is 8.53. The lowest BCUT2D eigenvalue weighted by Gasteiger charge is -2.36. The van der Waals surface area contributed by atoms with Crippen LogP contribution in [-0.2, 0) is 0 Å². The van der Waals surface area contributed by atoms with Gasteiger partial charge in [0.1, 0.15) is 23.4 Å². The monoisotopic (exact) mass is 598 g/mol. The average Bonchev–Trinajstić information content (AvgIpc) is 3.58. The molecule has 3 aromatic carbocycles. The van der Waals surface area contributed by atoms with Crippen LogP contribution in [0.5, 0.6) is 17.2 Å². The number of aryl methyl sites for hydroxylation is 1. The molecule has 0 bridgehead atoms. The highest BCUT2D eigenvalue weighted by Crippen LogP contribution is 2.30. The summed E-state index contributed by atoms with van der Waals surface area (Å²) in [5, 5.41) is 8.81. The number of urea groups is 1. The van der Waals surface area contributed by atoms with E-state index in [4.69, 9.17) is 9.47 Å². The zero-order valence-corrected chi connectivity index (χ0v) is 26.2. The van der Waals surface area contributed by atoms with Crippen LogP contribution in [0.4, 0.5) is 16.2 Å². The highest BCUT2D eigenvalue weighted by atomic mass is 16.5. The van der Waals surface area contributed by atoms with Crippen LogP contribution < -0.4 is 25.4 Å². The Labute approximate surface area is 261 Å². The van der Waals surface area contributed by atoms with E-state index in [1.54, 1.807) is 0 Å². The number of anilines is 2. The maximum absolute atomic E-state index is 12.9. The summed E-state index contributed by atoms with van der Waals surface area (Å²) >= 11 is 0. The van der Waals surface area contributed by atoms with Crippen LogP contribution in [0.25, 0.3) is 0 Å². The summed E-state index contributed by atoms with van der Waals surface area (Å²) in [5.74, 6) is 1.97. The van der Waals surface area contributed by atoms with Gasteiger partial charge >= 0.3 is 6.03 Å². The Bertz CT molecular complexity index is 1370. The van der Waals surface area contributed by atoms with Gasteiger partial charge in [-0.15, -0.1) is 0 Å². The molecule has 2 fully saturated rings. The minimum absolute atomic E-state index is 0.160. The number of ether oxygens (including phenoxy) is 2. The molecule has 3 amide bonds. The summed E-state index contributed by atoms with van der Waals surface area (Å²) in [6.07, 6.45) is 9.56. The van der Waals surface area contributed by atoms with Crippen LogP contribution >= 0.6 is 0 Å². The van der Waals surface area contributed by atoms with Crippen molar-refractivity contribution >= 4 is 23.3 Å². The molecular formula is C36H46N4O4. The van der Waals surface area contributed by atoms with Crippen molar-refractivity contribution in [3.63, 3.8) is 0 Å². The van der Waals surface area contributed by atoms with Crippen LogP contribution in [0.3, 0.4) is 0 Å². The molecule has 1 heterocycles. The maximum Gasteiger partial charge on any atom is 0.319 e. The predicted octanol–water partition coefficient (Wildman–Crippen LogP) is 8.14. The summed E-state index contributed by atoms with van der Waals surface area (Å²) in [5.41, 5.74) is 2.85. The zero-order valence-electron chi connectivity index (χ0n) is 26.2. The van der Waals surface area contributed by atoms with E-state index in [-0.39, 0.29) is 24.1 Å². The summed E-state index contributed by atoms with van der Waals surface area (Å²) in [6.45, 7) is 8.27. The van der Waals surface area contributed by atoms with Gasteiger partial charge in [-0.1, -0.05) is 26.7 Å². The van der Waals surface area contributed by atoms with Gasteiger partial charge in [-0.05, 0) is 118 Å². The lowest BCUT2D eigenvalue weighted by Crippen LogP contribution is -2.43. The molecule has 0 unspecified atom stereocenters. The van der Waals surface area contributed by atoms with Gasteiger partial charge in [0.15, 0.2) is 0 Å². The number of piperidine rings is 1. The van der Waals surface area contributed by atoms with Crippen LogP contribution in [0.2, 0.25) is 0 Å². The predicted molar refractivity (Wildman–Crippen MR) is 176 cm³/mol. The first-order valence-electron chi connectivity index (χ1n) is 16.2. The molecule has 5 rings (SSSR count). The Hall–Kier alpha value is -4.04. The molecule has 3 aromatic rings. The van der Waals surface area contributed by atoms with Gasteiger partial charge < -0.3 is 30.3 Å². The van der Waals surface area contributed by atoms with E-state index >= 15 is 0 Å². The Morgan fingerprint density at radius 2 is 1.45 bits per heavy atom. The number of rotatable bonds is 11. The Balaban J connectivity index is 1.08. The molecule has 2 aliphatic rings. The number of carbonyl (C=O) groups excluding carboxylic acids is 2. The van der Waals surface area contributed by atoms with Crippen LogP contribution in [-0.4, -0.2) is 48.1 Å². The van der Waals surface area contributed by atoms with Gasteiger partial charge in [0.05, 0.1) is 0 Å². The number of carbonyl (C=O) groups is 2.